The number of rotatable bonds is 6. The van der Waals surface area contributed by atoms with Crippen molar-refractivity contribution in [1.82, 2.24) is 9.78 Å². The van der Waals surface area contributed by atoms with Crippen LogP contribution < -0.4 is 10.9 Å². The third-order valence-corrected chi connectivity index (χ3v) is 5.99. The number of hydrogen-bond donors (Lipinski definition) is 1. The van der Waals surface area contributed by atoms with Crippen molar-refractivity contribution < 1.29 is 13.2 Å². The van der Waals surface area contributed by atoms with E-state index in [0.717, 1.165) is 22.4 Å². The van der Waals surface area contributed by atoms with Crippen LogP contribution in [0.15, 0.2) is 81.4 Å². The molecule has 2 aromatic carbocycles. The molecule has 0 saturated carbocycles. The minimum atomic E-state index is -3.92. The van der Waals surface area contributed by atoms with E-state index in [1.807, 2.05) is 19.9 Å². The molecule has 0 aliphatic heterocycles. The first-order valence-electron chi connectivity index (χ1n) is 9.05. The van der Waals surface area contributed by atoms with Crippen molar-refractivity contribution in [1.29, 1.82) is 0 Å². The Morgan fingerprint density at radius 3 is 2.28 bits per heavy atom. The molecular weight excluding hydrogens is 390 g/mol. The zero-order chi connectivity index (χ0) is 21.0. The summed E-state index contributed by atoms with van der Waals surface area (Å²) >= 11 is 0. The summed E-state index contributed by atoms with van der Waals surface area (Å²) in [6.07, 6.45) is 0. The average Bonchev–Trinajstić information content (AvgIpc) is 2.70. The van der Waals surface area contributed by atoms with Gasteiger partial charge in [-0.2, -0.15) is 5.10 Å². The first-order valence-corrected chi connectivity index (χ1v) is 10.5. The molecule has 1 aromatic heterocycles. The Bertz CT molecular complexity index is 1170. The second-order valence-corrected chi connectivity index (χ2v) is 8.71. The summed E-state index contributed by atoms with van der Waals surface area (Å²) in [7, 11) is -3.92. The van der Waals surface area contributed by atoms with Gasteiger partial charge in [0.05, 0.1) is 4.90 Å². The van der Waals surface area contributed by atoms with E-state index in [0.29, 0.717) is 5.69 Å². The van der Waals surface area contributed by atoms with Crippen molar-refractivity contribution in [3.8, 4) is 0 Å². The lowest BCUT2D eigenvalue weighted by Gasteiger charge is -2.10. The van der Waals surface area contributed by atoms with E-state index >= 15 is 0 Å². The van der Waals surface area contributed by atoms with Crippen molar-refractivity contribution in [3.63, 3.8) is 0 Å². The topological polar surface area (TPSA) is 98.1 Å². The third kappa shape index (κ3) is 4.78. The number of nitrogens with zero attached hydrogens (tertiary/aromatic N) is 2. The number of anilines is 1. The number of sulfone groups is 1. The zero-order valence-electron chi connectivity index (χ0n) is 16.1. The van der Waals surface area contributed by atoms with Gasteiger partial charge in [0.15, 0.2) is 5.03 Å². The molecule has 1 amide bonds. The van der Waals surface area contributed by atoms with Gasteiger partial charge >= 0.3 is 0 Å². The van der Waals surface area contributed by atoms with E-state index in [1.54, 1.807) is 36.4 Å². The summed E-state index contributed by atoms with van der Waals surface area (Å²) in [5.41, 5.74) is 1.02. The second-order valence-electron chi connectivity index (χ2n) is 6.81. The van der Waals surface area contributed by atoms with Crippen molar-refractivity contribution >= 4 is 21.4 Å². The highest BCUT2D eigenvalue weighted by atomic mass is 32.2. The number of aromatic nitrogens is 2. The van der Waals surface area contributed by atoms with Gasteiger partial charge in [0, 0.05) is 11.8 Å². The van der Waals surface area contributed by atoms with Crippen LogP contribution in [0.2, 0.25) is 0 Å². The number of nitrogens with one attached hydrogen (secondary N) is 1. The molecule has 3 aromatic rings. The maximum Gasteiger partial charge on any atom is 0.267 e. The van der Waals surface area contributed by atoms with Crippen LogP contribution in [0.3, 0.4) is 0 Å². The molecule has 0 aliphatic carbocycles. The van der Waals surface area contributed by atoms with Crippen LogP contribution in [-0.4, -0.2) is 24.1 Å². The van der Waals surface area contributed by atoms with E-state index in [9.17, 15) is 18.0 Å². The maximum atomic E-state index is 12.9. The lowest BCUT2D eigenvalue weighted by molar-refractivity contribution is -0.117. The lowest BCUT2D eigenvalue weighted by atomic mass is 10.0. The SMILES string of the molecule is CC(C)c1ccc(S(=O)(=O)c2ccc(=O)n(CC(=O)Nc3ccccc3)n2)cc1. The van der Waals surface area contributed by atoms with Gasteiger partial charge in [-0.3, -0.25) is 9.59 Å². The zero-order valence-corrected chi connectivity index (χ0v) is 16.9. The number of hydrogen-bond acceptors (Lipinski definition) is 5. The molecule has 0 spiro atoms. The van der Waals surface area contributed by atoms with Crippen LogP contribution in [0.1, 0.15) is 25.3 Å². The number of carbonyl (C=O) groups is 1. The van der Waals surface area contributed by atoms with E-state index < -0.39 is 27.8 Å². The summed E-state index contributed by atoms with van der Waals surface area (Å²) in [5, 5.41) is 6.26. The fraction of sp³-hybridized carbons (Fsp3) is 0.190. The van der Waals surface area contributed by atoms with Crippen molar-refractivity contribution in [2.75, 3.05) is 5.32 Å². The summed E-state index contributed by atoms with van der Waals surface area (Å²) in [4.78, 5) is 24.4. The predicted molar refractivity (Wildman–Crippen MR) is 110 cm³/mol. The van der Waals surface area contributed by atoms with E-state index in [2.05, 4.69) is 10.4 Å². The van der Waals surface area contributed by atoms with E-state index in [4.69, 9.17) is 0 Å². The number of para-hydroxylation sites is 1. The minimum Gasteiger partial charge on any atom is -0.324 e. The largest absolute Gasteiger partial charge is 0.324 e. The number of amides is 1. The molecule has 8 heteroatoms. The maximum absolute atomic E-state index is 12.9. The molecule has 0 atom stereocenters. The first kappa shape index (κ1) is 20.5. The summed E-state index contributed by atoms with van der Waals surface area (Å²) < 4.78 is 26.6. The van der Waals surface area contributed by atoms with Crippen molar-refractivity contribution in [2.24, 2.45) is 0 Å². The highest BCUT2D eigenvalue weighted by Gasteiger charge is 2.21. The first-order chi connectivity index (χ1) is 13.8. The minimum absolute atomic E-state index is 0.0772. The molecule has 150 valence electrons. The highest BCUT2D eigenvalue weighted by molar-refractivity contribution is 7.91. The van der Waals surface area contributed by atoms with Crippen LogP contribution >= 0.6 is 0 Å². The fourth-order valence-corrected chi connectivity index (χ4v) is 3.89. The van der Waals surface area contributed by atoms with E-state index in [1.165, 1.54) is 12.1 Å². The normalized spacial score (nSPS) is 11.4. The highest BCUT2D eigenvalue weighted by Crippen LogP contribution is 2.21. The Morgan fingerprint density at radius 2 is 1.66 bits per heavy atom. The molecule has 0 fully saturated rings. The van der Waals surface area contributed by atoms with Crippen LogP contribution in [0.25, 0.3) is 0 Å². The van der Waals surface area contributed by atoms with Gasteiger partial charge in [-0.15, -0.1) is 0 Å². The summed E-state index contributed by atoms with van der Waals surface area (Å²) in [6.45, 7) is 3.63. The van der Waals surface area contributed by atoms with Crippen LogP contribution in [0, 0.1) is 0 Å². The van der Waals surface area contributed by atoms with Crippen molar-refractivity contribution in [3.05, 3.63) is 82.6 Å². The molecule has 29 heavy (non-hydrogen) atoms. The standard InChI is InChI=1S/C21H21N3O4S/c1-15(2)16-8-10-18(11-9-16)29(27,28)20-12-13-21(26)24(23-20)14-19(25)22-17-6-4-3-5-7-17/h3-13,15H,14H2,1-2H3,(H,22,25). The smallest absolute Gasteiger partial charge is 0.267 e. The van der Waals surface area contributed by atoms with Crippen LogP contribution in [-0.2, 0) is 21.2 Å². The van der Waals surface area contributed by atoms with Gasteiger partial charge in [0.25, 0.3) is 5.56 Å². The van der Waals surface area contributed by atoms with Crippen LogP contribution in [0.5, 0.6) is 0 Å². The monoisotopic (exact) mass is 411 g/mol. The van der Waals surface area contributed by atoms with Gasteiger partial charge in [0.2, 0.25) is 15.7 Å². The van der Waals surface area contributed by atoms with Gasteiger partial charge in [-0.25, -0.2) is 13.1 Å². The lowest BCUT2D eigenvalue weighted by Crippen LogP contribution is -2.30. The van der Waals surface area contributed by atoms with Gasteiger partial charge in [0.1, 0.15) is 6.54 Å². The Hall–Kier alpha value is -3.26. The molecule has 0 radical (unpaired) electrons. The van der Waals surface area contributed by atoms with Gasteiger partial charge in [-0.1, -0.05) is 44.2 Å². The number of benzene rings is 2. The molecule has 0 aliphatic rings. The quantitative estimate of drug-likeness (QED) is 0.673. The summed E-state index contributed by atoms with van der Waals surface area (Å²) in [6, 6.07) is 17.5. The van der Waals surface area contributed by atoms with Crippen LogP contribution in [0.4, 0.5) is 5.69 Å². The predicted octanol–water partition coefficient (Wildman–Crippen LogP) is 2.84. The molecule has 1 N–H and O–H groups in total. The van der Waals surface area contributed by atoms with Gasteiger partial charge < -0.3 is 5.32 Å². The Kier molecular flexibility index (Phi) is 5.93. The molecule has 0 unspecified atom stereocenters. The van der Waals surface area contributed by atoms with E-state index in [-0.39, 0.29) is 15.8 Å². The van der Waals surface area contributed by atoms with Crippen molar-refractivity contribution in [2.45, 2.75) is 36.2 Å². The third-order valence-electron chi connectivity index (χ3n) is 4.33. The second kappa shape index (κ2) is 8.40. The molecule has 1 heterocycles. The Morgan fingerprint density at radius 1 is 1.00 bits per heavy atom. The molecule has 0 bridgehead atoms. The molecule has 3 rings (SSSR count). The molecular formula is C21H21N3O4S. The number of carbonyl (C=O) groups excluding carboxylic acids is 1. The summed E-state index contributed by atoms with van der Waals surface area (Å²) in [5.74, 6) is -0.212. The van der Waals surface area contributed by atoms with Gasteiger partial charge in [-0.05, 0) is 41.8 Å². The molecule has 7 nitrogen and oxygen atoms in total. The molecule has 0 saturated heterocycles. The average molecular weight is 411 g/mol. The Balaban J connectivity index is 1.85. The Labute approximate surface area is 168 Å². The fourth-order valence-electron chi connectivity index (χ4n) is 2.70.